The number of benzene rings is 2. The second-order valence-electron chi connectivity index (χ2n) is 9.18. The number of hydrogen-bond donors (Lipinski definition) is 1. The molecule has 11 heteroatoms. The molecule has 0 fully saturated rings. The summed E-state index contributed by atoms with van der Waals surface area (Å²) < 4.78 is 22.2. The van der Waals surface area contributed by atoms with Gasteiger partial charge in [-0.15, -0.1) is 5.10 Å². The van der Waals surface area contributed by atoms with Crippen molar-refractivity contribution >= 4 is 28.5 Å². The number of nitrogen functional groups attached to an aromatic ring is 1. The number of rotatable bonds is 4. The highest BCUT2D eigenvalue weighted by atomic mass is 19.1. The molecular formula is C27H21FN8O2. The topological polar surface area (TPSA) is 120 Å². The van der Waals surface area contributed by atoms with Crippen molar-refractivity contribution in [3.63, 3.8) is 0 Å². The number of carbonyl (C=O) groups excluding carboxylic acids is 1. The number of nitrogens with two attached hydrogens (primary N) is 1. The fraction of sp³-hybridized carbons (Fsp3) is 0.148. The molecule has 0 unspecified atom stereocenters. The third-order valence-corrected chi connectivity index (χ3v) is 6.88. The maximum absolute atomic E-state index is 14.1. The summed E-state index contributed by atoms with van der Waals surface area (Å²) in [6, 6.07) is 16.8. The van der Waals surface area contributed by atoms with Crippen molar-refractivity contribution in [2.45, 2.75) is 19.0 Å². The Bertz CT molecular complexity index is 1810. The van der Waals surface area contributed by atoms with E-state index in [9.17, 15) is 9.18 Å². The molecule has 1 amide bonds. The first kappa shape index (κ1) is 22.2. The van der Waals surface area contributed by atoms with E-state index in [1.54, 1.807) is 46.3 Å². The molecule has 2 N–H and O–H groups in total. The maximum atomic E-state index is 14.1. The number of aromatic nitrogens is 6. The lowest BCUT2D eigenvalue weighted by Crippen LogP contribution is -2.41. The number of carbonyl (C=O) groups is 1. The second-order valence-corrected chi connectivity index (χ2v) is 9.18. The lowest BCUT2D eigenvalue weighted by Gasteiger charge is -2.32. The van der Waals surface area contributed by atoms with Crippen molar-refractivity contribution in [3.8, 4) is 11.6 Å². The Morgan fingerprint density at radius 3 is 2.71 bits per heavy atom. The predicted molar refractivity (Wildman–Crippen MR) is 136 cm³/mol. The number of anilines is 1. The van der Waals surface area contributed by atoms with Gasteiger partial charge < -0.3 is 15.1 Å². The van der Waals surface area contributed by atoms with Crippen LogP contribution >= 0.6 is 0 Å². The summed E-state index contributed by atoms with van der Waals surface area (Å²) >= 11 is 0. The summed E-state index contributed by atoms with van der Waals surface area (Å²) in [6.07, 6.45) is 3.73. The average Bonchev–Trinajstić information content (AvgIpc) is 3.69. The molecule has 38 heavy (non-hydrogen) atoms. The van der Waals surface area contributed by atoms with Crippen LogP contribution in [0.5, 0.6) is 0 Å². The zero-order chi connectivity index (χ0) is 25.8. The molecule has 0 spiro atoms. The fourth-order valence-corrected chi connectivity index (χ4v) is 5.03. The van der Waals surface area contributed by atoms with Crippen LogP contribution in [0.1, 0.15) is 22.7 Å². The zero-order valence-electron chi connectivity index (χ0n) is 20.0. The van der Waals surface area contributed by atoms with Gasteiger partial charge in [0, 0.05) is 13.1 Å². The predicted octanol–water partition coefficient (Wildman–Crippen LogP) is 3.63. The Morgan fingerprint density at radius 2 is 1.89 bits per heavy atom. The number of furan rings is 1. The van der Waals surface area contributed by atoms with E-state index in [2.05, 4.69) is 20.2 Å². The van der Waals surface area contributed by atoms with Crippen LogP contribution in [-0.2, 0) is 17.8 Å². The molecule has 1 aliphatic heterocycles. The lowest BCUT2D eigenvalue weighted by atomic mass is 9.98. The van der Waals surface area contributed by atoms with E-state index >= 15 is 0 Å². The minimum atomic E-state index is -0.794. The molecule has 1 aliphatic rings. The van der Waals surface area contributed by atoms with Gasteiger partial charge in [-0.2, -0.15) is 14.6 Å². The largest absolute Gasteiger partial charge is 0.461 e. The normalized spacial score (nSPS) is 14.2. The highest BCUT2D eigenvalue weighted by Crippen LogP contribution is 2.30. The van der Waals surface area contributed by atoms with Gasteiger partial charge in [-0.1, -0.05) is 36.4 Å². The second kappa shape index (κ2) is 8.51. The van der Waals surface area contributed by atoms with E-state index < -0.39 is 6.04 Å². The van der Waals surface area contributed by atoms with Crippen molar-refractivity contribution in [2.24, 2.45) is 0 Å². The molecule has 7 rings (SSSR count). The van der Waals surface area contributed by atoms with Gasteiger partial charge >= 0.3 is 0 Å². The maximum Gasteiger partial charge on any atom is 0.252 e. The Hall–Kier alpha value is -5.06. The van der Waals surface area contributed by atoms with Gasteiger partial charge in [0.1, 0.15) is 5.82 Å². The lowest BCUT2D eigenvalue weighted by molar-refractivity contribution is -0.134. The van der Waals surface area contributed by atoms with Crippen LogP contribution in [-0.4, -0.2) is 46.7 Å². The molecule has 5 heterocycles. The highest BCUT2D eigenvalue weighted by Gasteiger charge is 2.32. The summed E-state index contributed by atoms with van der Waals surface area (Å²) in [7, 11) is 0. The van der Waals surface area contributed by atoms with Crippen molar-refractivity contribution in [1.82, 2.24) is 34.3 Å². The number of amides is 1. The van der Waals surface area contributed by atoms with Crippen LogP contribution in [0.4, 0.5) is 10.3 Å². The Morgan fingerprint density at radius 1 is 1.03 bits per heavy atom. The third-order valence-electron chi connectivity index (χ3n) is 6.88. The first-order valence-corrected chi connectivity index (χ1v) is 12.1. The van der Waals surface area contributed by atoms with E-state index in [-0.39, 0.29) is 17.7 Å². The molecule has 0 saturated carbocycles. The fourth-order valence-electron chi connectivity index (χ4n) is 5.03. The number of fused-ring (bicyclic) bond motifs is 4. The van der Waals surface area contributed by atoms with Crippen LogP contribution in [0.25, 0.3) is 28.3 Å². The summed E-state index contributed by atoms with van der Waals surface area (Å²) in [6.45, 7) is 0.849. The molecule has 10 nitrogen and oxygen atoms in total. The van der Waals surface area contributed by atoms with E-state index in [0.717, 1.165) is 16.7 Å². The molecule has 0 bridgehead atoms. The Labute approximate surface area is 215 Å². The van der Waals surface area contributed by atoms with E-state index in [4.69, 9.17) is 10.2 Å². The van der Waals surface area contributed by atoms with Crippen molar-refractivity contribution < 1.29 is 13.6 Å². The standard InChI is InChI=1S/C27H21FN8O2/c28-19-9-8-18-15-34(11-10-17(18)13-19)26(37)22(16-5-2-1-3-6-16)35-25-20(14-30-35)24-31-23(21-7-4-12-38-21)33-36(24)27(29)32-25/h1-9,12-14,22H,10-11,15H2,(H2,29,32)/t22-/m1/s1. The molecule has 6 aromatic rings. The summed E-state index contributed by atoms with van der Waals surface area (Å²) in [5.74, 6) is 0.549. The zero-order valence-corrected chi connectivity index (χ0v) is 20.0. The van der Waals surface area contributed by atoms with Gasteiger partial charge in [0.2, 0.25) is 11.8 Å². The van der Waals surface area contributed by atoms with Gasteiger partial charge in [-0.3, -0.25) is 4.79 Å². The van der Waals surface area contributed by atoms with Crippen LogP contribution in [0.2, 0.25) is 0 Å². The Balaban J connectivity index is 1.34. The van der Waals surface area contributed by atoms with E-state index in [1.165, 1.54) is 10.6 Å². The number of halogens is 1. The third kappa shape index (κ3) is 3.51. The van der Waals surface area contributed by atoms with Gasteiger partial charge in [0.15, 0.2) is 23.1 Å². The molecule has 4 aromatic heterocycles. The first-order valence-electron chi connectivity index (χ1n) is 12.1. The molecular weight excluding hydrogens is 487 g/mol. The summed E-state index contributed by atoms with van der Waals surface area (Å²) in [5, 5.41) is 9.64. The van der Waals surface area contributed by atoms with Crippen LogP contribution in [0, 0.1) is 5.82 Å². The van der Waals surface area contributed by atoms with E-state index in [1.807, 2.05) is 30.3 Å². The van der Waals surface area contributed by atoms with Gasteiger partial charge in [-0.05, 0) is 47.4 Å². The summed E-state index contributed by atoms with van der Waals surface area (Å²) in [4.78, 5) is 25.1. The molecule has 0 radical (unpaired) electrons. The van der Waals surface area contributed by atoms with Crippen molar-refractivity contribution in [2.75, 3.05) is 12.3 Å². The van der Waals surface area contributed by atoms with E-state index in [0.29, 0.717) is 47.8 Å². The van der Waals surface area contributed by atoms with Crippen molar-refractivity contribution in [1.29, 1.82) is 0 Å². The molecule has 0 saturated heterocycles. The van der Waals surface area contributed by atoms with Crippen LogP contribution in [0.3, 0.4) is 0 Å². The van der Waals surface area contributed by atoms with Gasteiger partial charge in [0.05, 0.1) is 17.8 Å². The molecule has 0 aliphatic carbocycles. The number of hydrogen-bond acceptors (Lipinski definition) is 7. The highest BCUT2D eigenvalue weighted by molar-refractivity contribution is 5.92. The molecule has 188 valence electrons. The van der Waals surface area contributed by atoms with Crippen molar-refractivity contribution in [3.05, 3.63) is 95.6 Å². The smallest absolute Gasteiger partial charge is 0.252 e. The molecule has 1 atom stereocenters. The van der Waals surface area contributed by atoms with Crippen LogP contribution in [0.15, 0.2) is 77.5 Å². The summed E-state index contributed by atoms with van der Waals surface area (Å²) in [5.41, 5.74) is 9.77. The minimum Gasteiger partial charge on any atom is -0.461 e. The van der Waals surface area contributed by atoms with Gasteiger partial charge in [0.25, 0.3) is 5.91 Å². The van der Waals surface area contributed by atoms with Gasteiger partial charge in [-0.25, -0.2) is 14.1 Å². The quantitative estimate of drug-likeness (QED) is 0.386. The Kier molecular flexibility index (Phi) is 4.96. The number of nitrogens with zero attached hydrogens (tertiary/aromatic N) is 7. The van der Waals surface area contributed by atoms with Crippen LogP contribution < -0.4 is 5.73 Å². The monoisotopic (exact) mass is 508 g/mol. The average molecular weight is 509 g/mol. The SMILES string of the molecule is Nc1nc2c(cnn2[C@@H](C(=O)N2CCc3cc(F)ccc3C2)c2ccccc2)c2nc(-c3ccco3)nn12. The molecule has 2 aromatic carbocycles. The first-order chi connectivity index (χ1) is 18.6. The minimum absolute atomic E-state index is 0.104.